The van der Waals surface area contributed by atoms with E-state index in [1.807, 2.05) is 36.4 Å². The van der Waals surface area contributed by atoms with Crippen molar-refractivity contribution in [2.45, 2.75) is 6.42 Å². The van der Waals surface area contributed by atoms with E-state index in [4.69, 9.17) is 4.74 Å². The van der Waals surface area contributed by atoms with E-state index in [1.165, 1.54) is 7.11 Å². The van der Waals surface area contributed by atoms with E-state index in [9.17, 15) is 14.4 Å². The van der Waals surface area contributed by atoms with Crippen LogP contribution in [-0.2, 0) is 16.0 Å². The lowest BCUT2D eigenvalue weighted by Crippen LogP contribution is -2.03. The lowest BCUT2D eigenvalue weighted by molar-refractivity contribution is -0.139. The summed E-state index contributed by atoms with van der Waals surface area (Å²) >= 11 is 0. The molecule has 0 aliphatic heterocycles. The number of carbonyl (C=O) groups excluding carboxylic acids is 3. The molecular weight excluding hydrogens is 388 g/mol. The molecule has 0 bridgehead atoms. The zero-order chi connectivity index (χ0) is 21.8. The van der Waals surface area contributed by atoms with Crippen LogP contribution >= 0.6 is 0 Å². The number of fused-ring (bicyclic) bond motifs is 1. The Morgan fingerprint density at radius 1 is 0.645 bits per heavy atom. The fourth-order valence-corrected chi connectivity index (χ4v) is 3.61. The molecule has 152 valence electrons. The van der Waals surface area contributed by atoms with E-state index in [0.29, 0.717) is 33.4 Å². The highest BCUT2D eigenvalue weighted by molar-refractivity contribution is 6.20. The second-order valence-electron chi connectivity index (χ2n) is 7.18. The van der Waals surface area contributed by atoms with Gasteiger partial charge >= 0.3 is 5.97 Å². The molecule has 4 nitrogen and oxygen atoms in total. The summed E-state index contributed by atoms with van der Waals surface area (Å²) in [5, 5.41) is 0. The van der Waals surface area contributed by atoms with Crippen molar-refractivity contribution in [1.82, 2.24) is 0 Å². The molecule has 0 radical (unpaired) electrons. The highest BCUT2D eigenvalue weighted by Crippen LogP contribution is 2.35. The van der Waals surface area contributed by atoms with E-state index in [1.54, 1.807) is 54.6 Å². The third-order valence-electron chi connectivity index (χ3n) is 5.22. The van der Waals surface area contributed by atoms with Crippen LogP contribution in [0.5, 0.6) is 0 Å². The van der Waals surface area contributed by atoms with Gasteiger partial charge in [0.1, 0.15) is 0 Å². The zero-order valence-electron chi connectivity index (χ0n) is 17.0. The Morgan fingerprint density at radius 2 is 1.10 bits per heavy atom. The molecule has 4 rings (SSSR count). The Balaban J connectivity index is 1.87. The van der Waals surface area contributed by atoms with Crippen LogP contribution in [-0.4, -0.2) is 24.6 Å². The van der Waals surface area contributed by atoms with Crippen molar-refractivity contribution in [1.29, 1.82) is 0 Å². The maximum absolute atomic E-state index is 13.3. The maximum Gasteiger partial charge on any atom is 0.309 e. The summed E-state index contributed by atoms with van der Waals surface area (Å²) in [6.45, 7) is 0. The summed E-state index contributed by atoms with van der Waals surface area (Å²) in [5.74, 6) is -0.663. The molecule has 0 aromatic heterocycles. The average molecular weight is 408 g/mol. The van der Waals surface area contributed by atoms with Crippen molar-refractivity contribution in [2.75, 3.05) is 7.11 Å². The van der Waals surface area contributed by atoms with Gasteiger partial charge < -0.3 is 4.74 Å². The summed E-state index contributed by atoms with van der Waals surface area (Å²) in [6, 6.07) is 26.8. The molecule has 2 aliphatic rings. The minimum absolute atomic E-state index is 0.109. The zero-order valence-corrected chi connectivity index (χ0v) is 17.0. The SMILES string of the molecule is COC(=O)Cc1ccc2c(C(=O)c3ccccc3)cc(C(=O)c3ccccc3)c-2cc1. The van der Waals surface area contributed by atoms with Gasteiger partial charge in [-0.1, -0.05) is 84.9 Å². The molecule has 0 unspecified atom stereocenters. The molecule has 0 fully saturated rings. The van der Waals surface area contributed by atoms with E-state index < -0.39 is 0 Å². The molecule has 2 aliphatic carbocycles. The van der Waals surface area contributed by atoms with Crippen molar-refractivity contribution >= 4 is 17.5 Å². The number of benzene rings is 2. The number of hydrogen-bond donors (Lipinski definition) is 0. The summed E-state index contributed by atoms with van der Waals surface area (Å²) in [6.07, 6.45) is 0.109. The number of hydrogen-bond acceptors (Lipinski definition) is 4. The predicted molar refractivity (Wildman–Crippen MR) is 119 cm³/mol. The van der Waals surface area contributed by atoms with Crippen molar-refractivity contribution in [2.24, 2.45) is 0 Å². The summed E-state index contributed by atoms with van der Waals surface area (Å²) in [7, 11) is 1.34. The Kier molecular flexibility index (Phi) is 5.72. The summed E-state index contributed by atoms with van der Waals surface area (Å²) in [4.78, 5) is 38.2. The smallest absolute Gasteiger partial charge is 0.309 e. The summed E-state index contributed by atoms with van der Waals surface area (Å²) in [5.41, 5.74) is 4.10. The normalized spacial score (nSPS) is 10.6. The van der Waals surface area contributed by atoms with Crippen molar-refractivity contribution in [3.8, 4) is 11.1 Å². The van der Waals surface area contributed by atoms with Crippen LogP contribution in [0.3, 0.4) is 0 Å². The van der Waals surface area contributed by atoms with Crippen LogP contribution in [0.4, 0.5) is 0 Å². The average Bonchev–Trinajstić information content (AvgIpc) is 3.06. The standard InChI is InChI=1S/C27H20O4/c1-31-25(28)16-18-12-14-21-22(15-13-18)24(27(30)20-10-6-3-7-11-20)17-23(21)26(29)19-8-4-2-5-9-19/h2-15,17H,16H2,1H3. The van der Waals surface area contributed by atoms with Gasteiger partial charge in [0.05, 0.1) is 13.5 Å². The molecule has 2 aromatic rings. The van der Waals surface area contributed by atoms with E-state index in [0.717, 1.165) is 5.56 Å². The van der Waals surface area contributed by atoms with Crippen LogP contribution in [0.15, 0.2) is 91.0 Å². The van der Waals surface area contributed by atoms with Crippen LogP contribution < -0.4 is 0 Å². The van der Waals surface area contributed by atoms with E-state index in [-0.39, 0.29) is 24.0 Å². The molecule has 0 spiro atoms. The number of esters is 1. The molecule has 31 heavy (non-hydrogen) atoms. The number of rotatable bonds is 6. The van der Waals surface area contributed by atoms with Crippen molar-refractivity contribution in [3.63, 3.8) is 0 Å². The number of methoxy groups -OCH3 is 1. The molecule has 4 heteroatoms. The Morgan fingerprint density at radius 3 is 1.52 bits per heavy atom. The number of ether oxygens (including phenoxy) is 1. The highest BCUT2D eigenvalue weighted by atomic mass is 16.5. The molecule has 0 heterocycles. The van der Waals surface area contributed by atoms with E-state index in [2.05, 4.69) is 0 Å². The van der Waals surface area contributed by atoms with Gasteiger partial charge in [0.15, 0.2) is 11.6 Å². The van der Waals surface area contributed by atoms with Gasteiger partial charge in [0.2, 0.25) is 0 Å². The van der Waals surface area contributed by atoms with Gasteiger partial charge in [-0.3, -0.25) is 14.4 Å². The highest BCUT2D eigenvalue weighted by Gasteiger charge is 2.25. The molecular formula is C27H20O4. The predicted octanol–water partition coefficient (Wildman–Crippen LogP) is 4.97. The van der Waals surface area contributed by atoms with Gasteiger partial charge in [0.25, 0.3) is 0 Å². The molecule has 0 saturated carbocycles. The van der Waals surface area contributed by atoms with Gasteiger partial charge in [0, 0.05) is 22.3 Å². The van der Waals surface area contributed by atoms with Gasteiger partial charge in [-0.05, 0) is 22.8 Å². The van der Waals surface area contributed by atoms with Crippen LogP contribution in [0, 0.1) is 0 Å². The lowest BCUT2D eigenvalue weighted by atomic mass is 10.00. The van der Waals surface area contributed by atoms with E-state index >= 15 is 0 Å². The third-order valence-corrected chi connectivity index (χ3v) is 5.22. The second-order valence-corrected chi connectivity index (χ2v) is 7.18. The van der Waals surface area contributed by atoms with Gasteiger partial charge in [-0.25, -0.2) is 0 Å². The number of carbonyl (C=O) groups is 3. The monoisotopic (exact) mass is 408 g/mol. The molecule has 2 aromatic carbocycles. The van der Waals surface area contributed by atoms with Crippen molar-refractivity contribution < 1.29 is 19.1 Å². The largest absolute Gasteiger partial charge is 0.469 e. The fourth-order valence-electron chi connectivity index (χ4n) is 3.61. The van der Waals surface area contributed by atoms with Crippen LogP contribution in [0.25, 0.3) is 11.1 Å². The molecule has 0 amide bonds. The molecule has 0 N–H and O–H groups in total. The minimum atomic E-state index is -0.355. The maximum atomic E-state index is 13.3. The Hall–Kier alpha value is -4.05. The topological polar surface area (TPSA) is 60.4 Å². The van der Waals surface area contributed by atoms with Crippen molar-refractivity contribution in [3.05, 3.63) is 119 Å². The summed E-state index contributed by atoms with van der Waals surface area (Å²) < 4.78 is 4.76. The van der Waals surface area contributed by atoms with Gasteiger partial charge in [-0.15, -0.1) is 0 Å². The second kappa shape index (κ2) is 8.76. The first-order valence-corrected chi connectivity index (χ1v) is 9.90. The minimum Gasteiger partial charge on any atom is -0.469 e. The van der Waals surface area contributed by atoms with Gasteiger partial charge in [-0.2, -0.15) is 0 Å². The first-order chi connectivity index (χ1) is 15.1. The first-order valence-electron chi connectivity index (χ1n) is 9.90. The Bertz CT molecular complexity index is 1140. The third kappa shape index (κ3) is 4.14. The quantitative estimate of drug-likeness (QED) is 0.334. The van der Waals surface area contributed by atoms with Crippen LogP contribution in [0.1, 0.15) is 37.4 Å². The number of ketones is 2. The molecule has 0 saturated heterocycles. The molecule has 0 atom stereocenters. The fraction of sp³-hybridized carbons (Fsp3) is 0.0741. The Labute approximate surface area is 180 Å². The van der Waals surface area contributed by atoms with Crippen LogP contribution in [0.2, 0.25) is 0 Å². The first kappa shape index (κ1) is 20.2. The lowest BCUT2D eigenvalue weighted by Gasteiger charge is -2.02.